The van der Waals surface area contributed by atoms with Crippen LogP contribution in [-0.2, 0) is 16.8 Å². The summed E-state index contributed by atoms with van der Waals surface area (Å²) in [4.78, 5) is 28.3. The lowest BCUT2D eigenvalue weighted by Crippen LogP contribution is -2.52. The first-order chi connectivity index (χ1) is 10.4. The zero-order valence-corrected chi connectivity index (χ0v) is 15.9. The van der Waals surface area contributed by atoms with Crippen molar-refractivity contribution >= 4 is 23.3 Å². The quantitative estimate of drug-likeness (QED) is 0.787. The van der Waals surface area contributed by atoms with E-state index in [-0.39, 0.29) is 22.9 Å². The zero-order chi connectivity index (χ0) is 17.8. The molecule has 0 aliphatic rings. The highest BCUT2D eigenvalue weighted by atomic mass is 32.1. The fourth-order valence-corrected chi connectivity index (χ4v) is 2.60. The molecule has 1 heterocycles. The van der Waals surface area contributed by atoms with Crippen LogP contribution in [0.5, 0.6) is 0 Å². The first-order valence-electron chi connectivity index (χ1n) is 7.70. The first-order valence-corrected chi connectivity index (χ1v) is 8.58. The van der Waals surface area contributed by atoms with Crippen LogP contribution in [0, 0.1) is 0 Å². The third kappa shape index (κ3) is 6.99. The Kier molecular flexibility index (Phi) is 6.16. The maximum absolute atomic E-state index is 11.9. The Hall–Kier alpha value is -1.63. The summed E-state index contributed by atoms with van der Waals surface area (Å²) >= 11 is 1.59. The standard InChI is InChI=1S/C16H28N4O2S/c1-10(12(21)20-16(5,6)7)18-14(22)17-8-11-9-23-13(19-11)15(2,3)4/h9-10H,8H2,1-7H3,(H,20,21)(H2,17,18,22)/t10-/m0/s1. The number of nitrogens with zero attached hydrogens (tertiary/aromatic N) is 1. The van der Waals surface area contributed by atoms with E-state index in [2.05, 4.69) is 41.7 Å². The lowest BCUT2D eigenvalue weighted by Gasteiger charge is -2.23. The van der Waals surface area contributed by atoms with Gasteiger partial charge in [-0.2, -0.15) is 0 Å². The molecule has 3 amide bonds. The van der Waals surface area contributed by atoms with Gasteiger partial charge in [0.2, 0.25) is 5.91 Å². The van der Waals surface area contributed by atoms with Crippen LogP contribution < -0.4 is 16.0 Å². The summed E-state index contributed by atoms with van der Waals surface area (Å²) in [5.41, 5.74) is 0.500. The van der Waals surface area contributed by atoms with Gasteiger partial charge in [-0.1, -0.05) is 20.8 Å². The van der Waals surface area contributed by atoms with E-state index in [1.807, 2.05) is 26.2 Å². The number of hydrogen-bond acceptors (Lipinski definition) is 4. The van der Waals surface area contributed by atoms with Crippen LogP contribution >= 0.6 is 11.3 Å². The van der Waals surface area contributed by atoms with Crippen LogP contribution in [0.4, 0.5) is 4.79 Å². The van der Waals surface area contributed by atoms with Crippen molar-refractivity contribution < 1.29 is 9.59 Å². The van der Waals surface area contributed by atoms with Crippen molar-refractivity contribution in [3.8, 4) is 0 Å². The number of urea groups is 1. The predicted octanol–water partition coefficient (Wildman–Crippen LogP) is 2.54. The van der Waals surface area contributed by atoms with E-state index in [0.29, 0.717) is 6.54 Å². The third-order valence-corrected chi connectivity index (χ3v) is 4.18. The molecule has 0 aliphatic carbocycles. The maximum Gasteiger partial charge on any atom is 0.315 e. The molecule has 1 atom stereocenters. The summed E-state index contributed by atoms with van der Waals surface area (Å²) < 4.78 is 0. The Bertz CT molecular complexity index is 555. The molecule has 0 spiro atoms. The Morgan fingerprint density at radius 3 is 2.30 bits per heavy atom. The van der Waals surface area contributed by atoms with E-state index in [4.69, 9.17) is 0 Å². The van der Waals surface area contributed by atoms with Crippen LogP contribution in [0.2, 0.25) is 0 Å². The van der Waals surface area contributed by atoms with Crippen molar-refractivity contribution in [2.45, 2.75) is 72.0 Å². The SMILES string of the molecule is C[C@H](NC(=O)NCc1csc(C(C)(C)C)n1)C(=O)NC(C)(C)C. The molecule has 0 bridgehead atoms. The fraction of sp³-hybridized carbons (Fsp3) is 0.688. The average molecular weight is 340 g/mol. The zero-order valence-electron chi connectivity index (χ0n) is 15.0. The molecule has 130 valence electrons. The highest BCUT2D eigenvalue weighted by Gasteiger charge is 2.21. The van der Waals surface area contributed by atoms with Crippen LogP contribution in [-0.4, -0.2) is 28.5 Å². The van der Waals surface area contributed by atoms with Gasteiger partial charge in [0.1, 0.15) is 6.04 Å². The largest absolute Gasteiger partial charge is 0.350 e. The highest BCUT2D eigenvalue weighted by molar-refractivity contribution is 7.09. The van der Waals surface area contributed by atoms with Crippen LogP contribution in [0.25, 0.3) is 0 Å². The third-order valence-electron chi connectivity index (χ3n) is 2.86. The maximum atomic E-state index is 11.9. The molecule has 1 rings (SSSR count). The molecular weight excluding hydrogens is 312 g/mol. The van der Waals surface area contributed by atoms with Crippen molar-refractivity contribution in [3.63, 3.8) is 0 Å². The topological polar surface area (TPSA) is 83.1 Å². The second-order valence-corrected chi connectivity index (χ2v) is 8.54. The summed E-state index contributed by atoms with van der Waals surface area (Å²) in [6.07, 6.45) is 0. The molecule has 0 aliphatic heterocycles. The molecule has 0 radical (unpaired) electrons. The minimum atomic E-state index is -0.602. The molecule has 3 N–H and O–H groups in total. The molecule has 0 aromatic carbocycles. The normalized spacial score (nSPS) is 13.3. The molecule has 0 saturated carbocycles. The summed E-state index contributed by atoms with van der Waals surface area (Å²) in [5.74, 6) is -0.212. The number of hydrogen-bond donors (Lipinski definition) is 3. The van der Waals surface area contributed by atoms with Gasteiger partial charge in [0.05, 0.1) is 17.2 Å². The second kappa shape index (κ2) is 7.29. The molecule has 0 unspecified atom stereocenters. The van der Waals surface area contributed by atoms with Gasteiger partial charge < -0.3 is 16.0 Å². The van der Waals surface area contributed by atoms with E-state index < -0.39 is 6.04 Å². The van der Waals surface area contributed by atoms with Crippen molar-refractivity contribution in [3.05, 3.63) is 16.1 Å². The monoisotopic (exact) mass is 340 g/mol. The lowest BCUT2D eigenvalue weighted by atomic mass is 9.98. The Morgan fingerprint density at radius 2 is 1.83 bits per heavy atom. The molecule has 0 saturated heterocycles. The number of aromatic nitrogens is 1. The van der Waals surface area contributed by atoms with Gasteiger partial charge in [0, 0.05) is 16.3 Å². The number of rotatable bonds is 4. The minimum Gasteiger partial charge on any atom is -0.350 e. The van der Waals surface area contributed by atoms with Crippen molar-refractivity contribution in [1.29, 1.82) is 0 Å². The Balaban J connectivity index is 2.45. The number of nitrogens with one attached hydrogen (secondary N) is 3. The van der Waals surface area contributed by atoms with Gasteiger partial charge in [-0.3, -0.25) is 4.79 Å². The number of amides is 3. The van der Waals surface area contributed by atoms with E-state index in [9.17, 15) is 9.59 Å². The van der Waals surface area contributed by atoms with Crippen LogP contribution in [0.15, 0.2) is 5.38 Å². The second-order valence-electron chi connectivity index (χ2n) is 7.68. The molecule has 23 heavy (non-hydrogen) atoms. The molecule has 1 aromatic rings. The number of carbonyl (C=O) groups excluding carboxylic acids is 2. The van der Waals surface area contributed by atoms with Crippen LogP contribution in [0.1, 0.15) is 59.2 Å². The van der Waals surface area contributed by atoms with Gasteiger partial charge in [-0.05, 0) is 27.7 Å². The molecule has 0 fully saturated rings. The van der Waals surface area contributed by atoms with Gasteiger partial charge in [0.25, 0.3) is 0 Å². The van der Waals surface area contributed by atoms with Crippen LogP contribution in [0.3, 0.4) is 0 Å². The van der Waals surface area contributed by atoms with Crippen molar-refractivity contribution in [2.75, 3.05) is 0 Å². The summed E-state index contributed by atoms with van der Waals surface area (Å²) in [7, 11) is 0. The van der Waals surface area contributed by atoms with E-state index >= 15 is 0 Å². The van der Waals surface area contributed by atoms with Crippen molar-refractivity contribution in [1.82, 2.24) is 20.9 Å². The fourth-order valence-electron chi connectivity index (χ4n) is 1.69. The van der Waals surface area contributed by atoms with Gasteiger partial charge >= 0.3 is 6.03 Å². The smallest absolute Gasteiger partial charge is 0.315 e. The van der Waals surface area contributed by atoms with E-state index in [1.165, 1.54) is 0 Å². The van der Waals surface area contributed by atoms with E-state index in [1.54, 1.807) is 18.3 Å². The first kappa shape index (κ1) is 19.4. The Morgan fingerprint density at radius 1 is 1.22 bits per heavy atom. The molecule has 1 aromatic heterocycles. The van der Waals surface area contributed by atoms with Gasteiger partial charge in [-0.25, -0.2) is 9.78 Å². The molecule has 6 nitrogen and oxygen atoms in total. The molecule has 7 heteroatoms. The van der Waals surface area contributed by atoms with Crippen molar-refractivity contribution in [2.24, 2.45) is 0 Å². The predicted molar refractivity (Wildman–Crippen MR) is 93.5 cm³/mol. The number of thiazole rings is 1. The summed E-state index contributed by atoms with van der Waals surface area (Å²) in [5, 5.41) is 11.2. The Labute approximate surface area is 142 Å². The molecular formula is C16H28N4O2S. The highest BCUT2D eigenvalue weighted by Crippen LogP contribution is 2.25. The van der Waals surface area contributed by atoms with Gasteiger partial charge in [-0.15, -0.1) is 11.3 Å². The average Bonchev–Trinajstić information content (AvgIpc) is 2.82. The van der Waals surface area contributed by atoms with Gasteiger partial charge in [0.15, 0.2) is 0 Å². The lowest BCUT2D eigenvalue weighted by molar-refractivity contribution is -0.123. The summed E-state index contributed by atoms with van der Waals surface area (Å²) in [6, 6.07) is -0.985. The number of carbonyl (C=O) groups is 2. The van der Waals surface area contributed by atoms with E-state index in [0.717, 1.165) is 10.7 Å². The minimum absolute atomic E-state index is 0.00470. The summed E-state index contributed by atoms with van der Waals surface area (Å²) in [6.45, 7) is 14.0.